The number of nitrogens with one attached hydrogen (secondary N) is 1. The van der Waals surface area contributed by atoms with Gasteiger partial charge in [0.1, 0.15) is 5.01 Å². The standard InChI is InChI=1S/C17H17F2N3O3S/c1-2-9-5-20-14(26-9)6-21-17(23)22-7-12-13(8-22)25-16-11(19)4-3-10(18)15(16)24-12/h3-5,12-13H,2,6-8H2,1H3,(H,21,23)/t12-,13+. The Morgan fingerprint density at radius 1 is 1.27 bits per heavy atom. The zero-order chi connectivity index (χ0) is 18.3. The van der Waals surface area contributed by atoms with Crippen LogP contribution >= 0.6 is 11.3 Å². The molecule has 4 rings (SSSR count). The monoisotopic (exact) mass is 381 g/mol. The van der Waals surface area contributed by atoms with Gasteiger partial charge in [-0.1, -0.05) is 6.92 Å². The molecule has 26 heavy (non-hydrogen) atoms. The van der Waals surface area contributed by atoms with Crippen molar-refractivity contribution in [3.63, 3.8) is 0 Å². The van der Waals surface area contributed by atoms with Crippen LogP contribution < -0.4 is 14.8 Å². The molecule has 2 aliphatic rings. The molecule has 3 heterocycles. The summed E-state index contributed by atoms with van der Waals surface area (Å²) in [6.07, 6.45) is 1.65. The van der Waals surface area contributed by atoms with Crippen molar-refractivity contribution < 1.29 is 23.0 Å². The third kappa shape index (κ3) is 3.07. The minimum Gasteiger partial charge on any atom is -0.478 e. The largest absolute Gasteiger partial charge is 0.478 e. The Hall–Kier alpha value is -2.42. The van der Waals surface area contributed by atoms with Gasteiger partial charge in [0.2, 0.25) is 11.5 Å². The fourth-order valence-corrected chi connectivity index (χ4v) is 3.83. The number of fused-ring (bicyclic) bond motifs is 2. The van der Waals surface area contributed by atoms with E-state index in [1.54, 1.807) is 17.5 Å². The number of carbonyl (C=O) groups excluding carboxylic acids is 1. The van der Waals surface area contributed by atoms with Crippen molar-refractivity contribution in [1.82, 2.24) is 15.2 Å². The first kappa shape index (κ1) is 17.0. The van der Waals surface area contributed by atoms with Gasteiger partial charge in [0.05, 0.1) is 19.6 Å². The maximum absolute atomic E-state index is 13.8. The molecule has 6 nitrogen and oxygen atoms in total. The maximum atomic E-state index is 13.8. The number of likely N-dealkylation sites (tertiary alicyclic amines) is 1. The highest BCUT2D eigenvalue weighted by Crippen LogP contribution is 2.40. The molecule has 2 amide bonds. The highest BCUT2D eigenvalue weighted by molar-refractivity contribution is 7.11. The van der Waals surface area contributed by atoms with Crippen molar-refractivity contribution in [3.05, 3.63) is 39.8 Å². The van der Waals surface area contributed by atoms with E-state index in [1.807, 2.05) is 6.92 Å². The van der Waals surface area contributed by atoms with Gasteiger partial charge < -0.3 is 19.7 Å². The van der Waals surface area contributed by atoms with Gasteiger partial charge in [0, 0.05) is 11.1 Å². The van der Waals surface area contributed by atoms with Crippen molar-refractivity contribution in [3.8, 4) is 11.5 Å². The fourth-order valence-electron chi connectivity index (χ4n) is 3.03. The highest BCUT2D eigenvalue weighted by Gasteiger charge is 2.43. The highest BCUT2D eigenvalue weighted by atomic mass is 32.1. The van der Waals surface area contributed by atoms with Crippen LogP contribution in [0.3, 0.4) is 0 Å². The van der Waals surface area contributed by atoms with E-state index in [1.165, 1.54) is 4.90 Å². The summed E-state index contributed by atoms with van der Waals surface area (Å²) in [5.41, 5.74) is 0. The maximum Gasteiger partial charge on any atom is 0.318 e. The van der Waals surface area contributed by atoms with Crippen LogP contribution in [-0.4, -0.2) is 41.2 Å². The summed E-state index contributed by atoms with van der Waals surface area (Å²) >= 11 is 1.56. The van der Waals surface area contributed by atoms with Crippen LogP contribution in [-0.2, 0) is 13.0 Å². The van der Waals surface area contributed by atoms with Crippen LogP contribution in [0.25, 0.3) is 0 Å². The lowest BCUT2D eigenvalue weighted by Crippen LogP contribution is -2.39. The summed E-state index contributed by atoms with van der Waals surface area (Å²) in [6, 6.07) is 1.70. The number of aromatic nitrogens is 1. The molecule has 1 saturated heterocycles. The van der Waals surface area contributed by atoms with E-state index in [-0.39, 0.29) is 30.6 Å². The van der Waals surface area contributed by atoms with Crippen molar-refractivity contribution in [1.29, 1.82) is 0 Å². The van der Waals surface area contributed by atoms with Gasteiger partial charge in [-0.15, -0.1) is 11.3 Å². The smallest absolute Gasteiger partial charge is 0.318 e. The molecule has 138 valence electrons. The molecule has 2 atom stereocenters. The van der Waals surface area contributed by atoms with Crippen LogP contribution in [0.2, 0.25) is 0 Å². The lowest BCUT2D eigenvalue weighted by Gasteiger charge is -2.28. The molecule has 0 unspecified atom stereocenters. The zero-order valence-corrected chi connectivity index (χ0v) is 14.8. The normalized spacial score (nSPS) is 20.8. The second kappa shape index (κ2) is 6.71. The second-order valence-electron chi connectivity index (χ2n) is 6.14. The quantitative estimate of drug-likeness (QED) is 0.888. The molecule has 1 fully saturated rings. The second-order valence-corrected chi connectivity index (χ2v) is 7.34. The number of carbonyl (C=O) groups is 1. The van der Waals surface area contributed by atoms with Crippen molar-refractivity contribution >= 4 is 17.4 Å². The number of thiazole rings is 1. The van der Waals surface area contributed by atoms with Gasteiger partial charge in [-0.05, 0) is 18.6 Å². The van der Waals surface area contributed by atoms with Crippen LogP contribution in [0.5, 0.6) is 11.5 Å². The van der Waals surface area contributed by atoms with Crippen LogP contribution in [0, 0.1) is 11.6 Å². The van der Waals surface area contributed by atoms with E-state index in [9.17, 15) is 13.6 Å². The minimum atomic E-state index is -0.682. The van der Waals surface area contributed by atoms with Crippen molar-refractivity contribution in [2.45, 2.75) is 32.1 Å². The first-order valence-corrected chi connectivity index (χ1v) is 9.14. The van der Waals surface area contributed by atoms with Crippen LogP contribution in [0.1, 0.15) is 16.8 Å². The molecule has 0 radical (unpaired) electrons. The van der Waals surface area contributed by atoms with E-state index in [0.29, 0.717) is 6.54 Å². The molecular formula is C17H17F2N3O3S. The average molecular weight is 381 g/mol. The fraction of sp³-hybridized carbons (Fsp3) is 0.412. The number of amides is 2. The Kier molecular flexibility index (Phi) is 4.39. The van der Waals surface area contributed by atoms with E-state index >= 15 is 0 Å². The first-order valence-electron chi connectivity index (χ1n) is 8.32. The molecule has 9 heteroatoms. The van der Waals surface area contributed by atoms with Gasteiger partial charge >= 0.3 is 6.03 Å². The number of hydrogen-bond acceptors (Lipinski definition) is 5. The average Bonchev–Trinajstić information content (AvgIpc) is 3.27. The summed E-state index contributed by atoms with van der Waals surface area (Å²) in [7, 11) is 0. The van der Waals surface area contributed by atoms with Crippen LogP contribution in [0.4, 0.5) is 13.6 Å². The molecule has 1 aromatic heterocycles. The summed E-state index contributed by atoms with van der Waals surface area (Å²) in [6.45, 7) is 2.86. The molecule has 1 N–H and O–H groups in total. The number of urea groups is 1. The summed E-state index contributed by atoms with van der Waals surface area (Å²) in [5, 5.41) is 3.64. The van der Waals surface area contributed by atoms with Gasteiger partial charge in [-0.2, -0.15) is 0 Å². The predicted molar refractivity (Wildman–Crippen MR) is 90.5 cm³/mol. The first-order chi connectivity index (χ1) is 12.5. The van der Waals surface area contributed by atoms with Crippen molar-refractivity contribution in [2.24, 2.45) is 0 Å². The summed E-state index contributed by atoms with van der Waals surface area (Å²) in [5.74, 6) is -1.83. The summed E-state index contributed by atoms with van der Waals surface area (Å²) in [4.78, 5) is 19.3. The lowest BCUT2D eigenvalue weighted by atomic mass is 10.2. The third-order valence-corrected chi connectivity index (χ3v) is 5.54. The minimum absolute atomic E-state index is 0.233. The topological polar surface area (TPSA) is 63.7 Å². The van der Waals surface area contributed by atoms with Crippen molar-refractivity contribution in [2.75, 3.05) is 13.1 Å². The number of halogens is 2. The number of hydrogen-bond donors (Lipinski definition) is 1. The van der Waals surface area contributed by atoms with Crippen LogP contribution in [0.15, 0.2) is 18.3 Å². The van der Waals surface area contributed by atoms with Gasteiger partial charge in [-0.3, -0.25) is 0 Å². The Balaban J connectivity index is 1.39. The molecule has 2 aliphatic heterocycles. The van der Waals surface area contributed by atoms with E-state index < -0.39 is 23.8 Å². The molecule has 0 bridgehead atoms. The molecule has 0 aliphatic carbocycles. The molecule has 0 spiro atoms. The number of nitrogens with zero attached hydrogens (tertiary/aromatic N) is 2. The van der Waals surface area contributed by atoms with E-state index in [2.05, 4.69) is 10.3 Å². The number of benzene rings is 1. The SMILES string of the molecule is CCc1cnc(CNC(=O)N2C[C@@H]3Oc4c(F)ccc(F)c4O[C@@H]3C2)s1. The number of ether oxygens (including phenoxy) is 2. The van der Waals surface area contributed by atoms with Gasteiger partial charge in [0.25, 0.3) is 0 Å². The van der Waals surface area contributed by atoms with Gasteiger partial charge in [-0.25, -0.2) is 18.6 Å². The van der Waals surface area contributed by atoms with E-state index in [0.717, 1.165) is 28.4 Å². The Morgan fingerprint density at radius 2 is 1.88 bits per heavy atom. The summed E-state index contributed by atoms with van der Waals surface area (Å²) < 4.78 is 38.8. The Bertz CT molecular complexity index is 806. The third-order valence-electron chi connectivity index (χ3n) is 4.40. The van der Waals surface area contributed by atoms with Gasteiger partial charge in [0.15, 0.2) is 23.8 Å². The molecule has 2 aromatic rings. The predicted octanol–water partition coefficient (Wildman–Crippen LogP) is 2.72. The Labute approximate surface area is 152 Å². The molecule has 1 aromatic carbocycles. The van der Waals surface area contributed by atoms with E-state index in [4.69, 9.17) is 9.47 Å². The lowest BCUT2D eigenvalue weighted by molar-refractivity contribution is 0.0467. The Morgan fingerprint density at radius 3 is 2.42 bits per heavy atom. The number of aryl methyl sites for hydroxylation is 1. The molecule has 0 saturated carbocycles. The zero-order valence-electron chi connectivity index (χ0n) is 14.0. The molecular weight excluding hydrogens is 364 g/mol. The number of rotatable bonds is 3.